The lowest BCUT2D eigenvalue weighted by Gasteiger charge is -2.21. The molecule has 11 heavy (non-hydrogen) atoms. The van der Waals surface area contributed by atoms with Crippen LogP contribution in [0.15, 0.2) is 13.2 Å². The van der Waals surface area contributed by atoms with E-state index < -0.39 is 0 Å². The monoisotopic (exact) mass is 158 g/mol. The normalized spacial score (nSPS) is 12.1. The van der Waals surface area contributed by atoms with E-state index in [2.05, 4.69) is 39.1 Å². The van der Waals surface area contributed by atoms with Gasteiger partial charge in [0.25, 0.3) is 0 Å². The molecular formula is C9H22N2. The van der Waals surface area contributed by atoms with Gasteiger partial charge in [0, 0.05) is 12.6 Å². The fourth-order valence-corrected chi connectivity index (χ4v) is 0.920. The maximum Gasteiger partial charge on any atom is 0.0212 e. The molecule has 1 atom stereocenters. The zero-order valence-corrected chi connectivity index (χ0v) is 8.14. The minimum Gasteiger partial charge on any atom is -0.329 e. The topological polar surface area (TPSA) is 29.3 Å². The van der Waals surface area contributed by atoms with Gasteiger partial charge in [-0.1, -0.05) is 13.3 Å². The third kappa shape index (κ3) is 7.56. The third-order valence-electron chi connectivity index (χ3n) is 1.62. The van der Waals surface area contributed by atoms with Crippen molar-refractivity contribution in [2.45, 2.75) is 25.8 Å². The summed E-state index contributed by atoms with van der Waals surface area (Å²) in [7, 11) is 4.15. The zero-order chi connectivity index (χ0) is 9.28. The molecule has 0 radical (unpaired) electrons. The lowest BCUT2D eigenvalue weighted by molar-refractivity contribution is 0.283. The van der Waals surface area contributed by atoms with Crippen LogP contribution in [-0.4, -0.2) is 31.6 Å². The van der Waals surface area contributed by atoms with Crippen LogP contribution in [0.2, 0.25) is 0 Å². The van der Waals surface area contributed by atoms with E-state index in [1.165, 1.54) is 12.8 Å². The molecule has 68 valence electrons. The molecule has 0 fully saturated rings. The van der Waals surface area contributed by atoms with Gasteiger partial charge in [-0.25, -0.2) is 0 Å². The van der Waals surface area contributed by atoms with Gasteiger partial charge in [-0.3, -0.25) is 0 Å². The first-order chi connectivity index (χ1) is 5.22. The number of rotatable bonds is 4. The molecule has 0 aliphatic heterocycles. The summed E-state index contributed by atoms with van der Waals surface area (Å²) in [6, 6.07) is 0.579. The Morgan fingerprint density at radius 1 is 1.36 bits per heavy atom. The molecule has 0 aliphatic rings. The molecule has 0 rings (SSSR count). The summed E-state index contributed by atoms with van der Waals surface area (Å²) in [5.41, 5.74) is 5.52. The summed E-state index contributed by atoms with van der Waals surface area (Å²) < 4.78 is 0. The van der Waals surface area contributed by atoms with Crippen LogP contribution in [0.4, 0.5) is 0 Å². The SMILES string of the molecule is C=C.CCC[C@@H](CN)N(C)C. The van der Waals surface area contributed by atoms with E-state index in [0.717, 1.165) is 6.54 Å². The molecule has 0 aromatic rings. The molecule has 2 heteroatoms. The van der Waals surface area contributed by atoms with Crippen molar-refractivity contribution in [3.8, 4) is 0 Å². The minimum absolute atomic E-state index is 0.579. The Labute approximate surface area is 71.1 Å². The maximum atomic E-state index is 5.52. The van der Waals surface area contributed by atoms with E-state index in [9.17, 15) is 0 Å². The van der Waals surface area contributed by atoms with Crippen molar-refractivity contribution in [2.24, 2.45) is 5.73 Å². The summed E-state index contributed by atoms with van der Waals surface area (Å²) in [5.74, 6) is 0. The van der Waals surface area contributed by atoms with Gasteiger partial charge in [0.2, 0.25) is 0 Å². The van der Waals surface area contributed by atoms with Crippen LogP contribution in [0.1, 0.15) is 19.8 Å². The predicted octanol–water partition coefficient (Wildman–Crippen LogP) is 1.48. The Morgan fingerprint density at radius 2 is 1.82 bits per heavy atom. The highest BCUT2D eigenvalue weighted by Gasteiger charge is 2.05. The second kappa shape index (κ2) is 9.66. The highest BCUT2D eigenvalue weighted by atomic mass is 15.1. The zero-order valence-electron chi connectivity index (χ0n) is 8.14. The maximum absolute atomic E-state index is 5.52. The lowest BCUT2D eigenvalue weighted by Crippen LogP contribution is -2.34. The van der Waals surface area contributed by atoms with Gasteiger partial charge in [0.05, 0.1) is 0 Å². The largest absolute Gasteiger partial charge is 0.329 e. The van der Waals surface area contributed by atoms with E-state index >= 15 is 0 Å². The first kappa shape index (κ1) is 13.3. The number of hydrogen-bond donors (Lipinski definition) is 1. The smallest absolute Gasteiger partial charge is 0.0212 e. The molecule has 2 nitrogen and oxygen atoms in total. The first-order valence-electron chi connectivity index (χ1n) is 4.08. The number of hydrogen-bond acceptors (Lipinski definition) is 2. The standard InChI is InChI=1S/C7H18N2.C2H4/c1-4-5-7(6-8)9(2)3;1-2/h7H,4-6,8H2,1-3H3;1-2H2/t7-;/m0./s1. The van der Waals surface area contributed by atoms with Gasteiger partial charge in [-0.05, 0) is 20.5 Å². The van der Waals surface area contributed by atoms with Crippen LogP contribution in [-0.2, 0) is 0 Å². The fourth-order valence-electron chi connectivity index (χ4n) is 0.920. The van der Waals surface area contributed by atoms with Gasteiger partial charge >= 0.3 is 0 Å². The molecule has 0 spiro atoms. The van der Waals surface area contributed by atoms with Gasteiger partial charge in [-0.15, -0.1) is 13.2 Å². The summed E-state index contributed by atoms with van der Waals surface area (Å²) in [5, 5.41) is 0. The average Bonchev–Trinajstić information content (AvgIpc) is 2.03. The Hall–Kier alpha value is -0.340. The van der Waals surface area contributed by atoms with E-state index in [0.29, 0.717) is 6.04 Å². The molecule has 0 heterocycles. The Balaban J connectivity index is 0. The molecule has 0 aromatic heterocycles. The molecular weight excluding hydrogens is 136 g/mol. The first-order valence-corrected chi connectivity index (χ1v) is 4.08. The van der Waals surface area contributed by atoms with Gasteiger partial charge in [0.1, 0.15) is 0 Å². The predicted molar refractivity (Wildman–Crippen MR) is 52.7 cm³/mol. The highest BCUT2D eigenvalue weighted by Crippen LogP contribution is 1.99. The summed E-state index contributed by atoms with van der Waals surface area (Å²) >= 11 is 0. The van der Waals surface area contributed by atoms with Crippen molar-refractivity contribution in [1.29, 1.82) is 0 Å². The highest BCUT2D eigenvalue weighted by molar-refractivity contribution is 4.64. The summed E-state index contributed by atoms with van der Waals surface area (Å²) in [6.45, 7) is 8.97. The molecule has 0 aromatic carbocycles. The van der Waals surface area contributed by atoms with Gasteiger partial charge in [0.15, 0.2) is 0 Å². The van der Waals surface area contributed by atoms with Crippen molar-refractivity contribution in [1.82, 2.24) is 4.90 Å². The van der Waals surface area contributed by atoms with Crippen LogP contribution >= 0.6 is 0 Å². The van der Waals surface area contributed by atoms with Crippen LogP contribution < -0.4 is 5.73 Å². The third-order valence-corrected chi connectivity index (χ3v) is 1.62. The molecule has 2 N–H and O–H groups in total. The molecule has 0 aliphatic carbocycles. The number of likely N-dealkylation sites (N-methyl/N-ethyl adjacent to an activating group) is 1. The van der Waals surface area contributed by atoms with Crippen molar-refractivity contribution >= 4 is 0 Å². The van der Waals surface area contributed by atoms with Crippen molar-refractivity contribution in [3.63, 3.8) is 0 Å². The van der Waals surface area contributed by atoms with Crippen LogP contribution in [0.3, 0.4) is 0 Å². The summed E-state index contributed by atoms with van der Waals surface area (Å²) in [4.78, 5) is 2.18. The van der Waals surface area contributed by atoms with E-state index in [4.69, 9.17) is 5.73 Å². The van der Waals surface area contributed by atoms with Gasteiger partial charge < -0.3 is 10.6 Å². The molecule has 0 saturated heterocycles. The van der Waals surface area contributed by atoms with Gasteiger partial charge in [-0.2, -0.15) is 0 Å². The number of nitrogens with two attached hydrogens (primary N) is 1. The molecule has 0 bridgehead atoms. The molecule has 0 saturated carbocycles. The van der Waals surface area contributed by atoms with E-state index in [1.54, 1.807) is 0 Å². The number of nitrogens with zero attached hydrogens (tertiary/aromatic N) is 1. The second-order valence-electron chi connectivity index (χ2n) is 2.64. The summed E-state index contributed by atoms with van der Waals surface area (Å²) in [6.07, 6.45) is 2.43. The van der Waals surface area contributed by atoms with Crippen molar-refractivity contribution in [2.75, 3.05) is 20.6 Å². The Bertz CT molecular complexity index is 72.0. The van der Waals surface area contributed by atoms with E-state index in [1.807, 2.05) is 0 Å². The molecule has 0 amide bonds. The van der Waals surface area contributed by atoms with Crippen molar-refractivity contribution < 1.29 is 0 Å². The average molecular weight is 158 g/mol. The quantitative estimate of drug-likeness (QED) is 0.628. The van der Waals surface area contributed by atoms with Crippen LogP contribution in [0.5, 0.6) is 0 Å². The van der Waals surface area contributed by atoms with Crippen molar-refractivity contribution in [3.05, 3.63) is 13.2 Å². The second-order valence-corrected chi connectivity index (χ2v) is 2.64. The minimum atomic E-state index is 0.579. The Morgan fingerprint density at radius 3 is 1.91 bits per heavy atom. The van der Waals surface area contributed by atoms with E-state index in [-0.39, 0.29) is 0 Å². The Kier molecular flexibility index (Phi) is 11.6. The van der Waals surface area contributed by atoms with Crippen LogP contribution in [0.25, 0.3) is 0 Å². The fraction of sp³-hybridized carbons (Fsp3) is 0.778. The van der Waals surface area contributed by atoms with Crippen LogP contribution in [0, 0.1) is 0 Å². The lowest BCUT2D eigenvalue weighted by atomic mass is 10.1. The molecule has 0 unspecified atom stereocenters.